The standard InChI is InChI=1S/C12H25N3/c1-14-7-3-4-11(14)9-15(2)12(8-13)10-5-6-10/h10-12H,3-9,13H2,1-2H3. The molecule has 1 saturated carbocycles. The van der Waals surface area contributed by atoms with E-state index in [0.29, 0.717) is 6.04 Å². The Kier molecular flexibility index (Phi) is 3.65. The minimum absolute atomic E-state index is 0.638. The molecule has 2 N–H and O–H groups in total. The van der Waals surface area contributed by atoms with E-state index in [-0.39, 0.29) is 0 Å². The quantitative estimate of drug-likeness (QED) is 0.728. The molecule has 88 valence electrons. The molecule has 0 spiro atoms. The topological polar surface area (TPSA) is 32.5 Å². The van der Waals surface area contributed by atoms with Gasteiger partial charge in [-0.3, -0.25) is 0 Å². The van der Waals surface area contributed by atoms with Crippen molar-refractivity contribution in [1.82, 2.24) is 9.80 Å². The molecule has 2 fully saturated rings. The highest BCUT2D eigenvalue weighted by Gasteiger charge is 2.34. The smallest absolute Gasteiger partial charge is 0.0244 e. The molecule has 1 aliphatic heterocycles. The Labute approximate surface area is 93.6 Å². The summed E-state index contributed by atoms with van der Waals surface area (Å²) in [5.74, 6) is 0.895. The molecule has 2 aliphatic rings. The molecule has 0 amide bonds. The van der Waals surface area contributed by atoms with Gasteiger partial charge in [0.15, 0.2) is 0 Å². The number of hydrogen-bond acceptors (Lipinski definition) is 3. The summed E-state index contributed by atoms with van der Waals surface area (Å²) in [5.41, 5.74) is 5.87. The van der Waals surface area contributed by atoms with E-state index < -0.39 is 0 Å². The van der Waals surface area contributed by atoms with Gasteiger partial charge < -0.3 is 15.5 Å². The number of hydrogen-bond donors (Lipinski definition) is 1. The maximum Gasteiger partial charge on any atom is 0.0244 e. The summed E-state index contributed by atoms with van der Waals surface area (Å²) in [6.45, 7) is 3.31. The van der Waals surface area contributed by atoms with Crippen molar-refractivity contribution >= 4 is 0 Å². The van der Waals surface area contributed by atoms with E-state index in [1.807, 2.05) is 0 Å². The van der Waals surface area contributed by atoms with Crippen molar-refractivity contribution in [3.05, 3.63) is 0 Å². The van der Waals surface area contributed by atoms with Gasteiger partial charge in [0.25, 0.3) is 0 Å². The summed E-state index contributed by atoms with van der Waals surface area (Å²) in [5, 5.41) is 0. The Morgan fingerprint density at radius 1 is 1.40 bits per heavy atom. The first kappa shape index (κ1) is 11.4. The van der Waals surface area contributed by atoms with Gasteiger partial charge in [0.05, 0.1) is 0 Å². The molecular weight excluding hydrogens is 186 g/mol. The highest BCUT2D eigenvalue weighted by molar-refractivity contribution is 4.90. The lowest BCUT2D eigenvalue weighted by Crippen LogP contribution is -2.45. The van der Waals surface area contributed by atoms with Crippen molar-refractivity contribution in [3.8, 4) is 0 Å². The molecule has 1 saturated heterocycles. The van der Waals surface area contributed by atoms with Crippen LogP contribution >= 0.6 is 0 Å². The third kappa shape index (κ3) is 2.71. The monoisotopic (exact) mass is 211 g/mol. The molecule has 1 heterocycles. The Bertz CT molecular complexity index is 203. The molecule has 2 unspecified atom stereocenters. The maximum atomic E-state index is 5.87. The second-order valence-corrected chi connectivity index (χ2v) is 5.36. The van der Waals surface area contributed by atoms with Gasteiger partial charge in [0.2, 0.25) is 0 Å². The van der Waals surface area contributed by atoms with Crippen molar-refractivity contribution in [2.75, 3.05) is 33.7 Å². The van der Waals surface area contributed by atoms with Crippen molar-refractivity contribution in [2.24, 2.45) is 11.7 Å². The Hall–Kier alpha value is -0.120. The number of nitrogens with two attached hydrogens (primary N) is 1. The van der Waals surface area contributed by atoms with Crippen molar-refractivity contribution in [2.45, 2.75) is 37.8 Å². The summed E-state index contributed by atoms with van der Waals surface area (Å²) in [4.78, 5) is 5.00. The normalized spacial score (nSPS) is 30.0. The maximum absolute atomic E-state index is 5.87. The largest absolute Gasteiger partial charge is 0.329 e. The van der Waals surface area contributed by atoms with Gasteiger partial charge in [-0.05, 0) is 52.2 Å². The average Bonchev–Trinajstić information content (AvgIpc) is 2.95. The van der Waals surface area contributed by atoms with Gasteiger partial charge in [0, 0.05) is 25.2 Å². The second kappa shape index (κ2) is 4.81. The van der Waals surface area contributed by atoms with E-state index in [4.69, 9.17) is 5.73 Å². The van der Waals surface area contributed by atoms with Crippen LogP contribution < -0.4 is 5.73 Å². The van der Waals surface area contributed by atoms with E-state index in [0.717, 1.165) is 18.5 Å². The second-order valence-electron chi connectivity index (χ2n) is 5.36. The van der Waals surface area contributed by atoms with Gasteiger partial charge in [-0.1, -0.05) is 0 Å². The SMILES string of the molecule is CN1CCCC1CN(C)C(CN)C1CC1. The third-order valence-corrected chi connectivity index (χ3v) is 4.14. The highest BCUT2D eigenvalue weighted by atomic mass is 15.2. The van der Waals surface area contributed by atoms with Crippen LogP contribution in [0, 0.1) is 5.92 Å². The number of likely N-dealkylation sites (N-methyl/N-ethyl adjacent to an activating group) is 2. The molecule has 0 bridgehead atoms. The van der Waals surface area contributed by atoms with Gasteiger partial charge in [-0.25, -0.2) is 0 Å². The van der Waals surface area contributed by atoms with Crippen LogP contribution in [0.25, 0.3) is 0 Å². The molecule has 0 aromatic heterocycles. The van der Waals surface area contributed by atoms with Crippen molar-refractivity contribution in [1.29, 1.82) is 0 Å². The number of nitrogens with zero attached hydrogens (tertiary/aromatic N) is 2. The van der Waals surface area contributed by atoms with E-state index in [1.165, 1.54) is 38.8 Å². The van der Waals surface area contributed by atoms with Crippen molar-refractivity contribution < 1.29 is 0 Å². The van der Waals surface area contributed by atoms with Gasteiger partial charge in [-0.15, -0.1) is 0 Å². The predicted molar refractivity (Wildman–Crippen MR) is 63.8 cm³/mol. The minimum Gasteiger partial charge on any atom is -0.329 e. The predicted octanol–water partition coefficient (Wildman–Crippen LogP) is 0.750. The highest BCUT2D eigenvalue weighted by Crippen LogP contribution is 2.34. The average molecular weight is 211 g/mol. The number of likely N-dealkylation sites (tertiary alicyclic amines) is 1. The van der Waals surface area contributed by atoms with Crippen LogP contribution in [0.15, 0.2) is 0 Å². The fourth-order valence-corrected chi connectivity index (χ4v) is 2.89. The van der Waals surface area contributed by atoms with E-state index in [2.05, 4.69) is 23.9 Å². The van der Waals surface area contributed by atoms with Gasteiger partial charge >= 0.3 is 0 Å². The Balaban J connectivity index is 1.81. The van der Waals surface area contributed by atoms with Crippen LogP contribution in [0.5, 0.6) is 0 Å². The molecular formula is C12H25N3. The fraction of sp³-hybridized carbons (Fsp3) is 1.00. The summed E-state index contributed by atoms with van der Waals surface area (Å²) >= 11 is 0. The van der Waals surface area contributed by atoms with Gasteiger partial charge in [0.1, 0.15) is 0 Å². The van der Waals surface area contributed by atoms with E-state index >= 15 is 0 Å². The summed E-state index contributed by atoms with van der Waals surface area (Å²) in [6.07, 6.45) is 5.52. The molecule has 0 aromatic rings. The summed E-state index contributed by atoms with van der Waals surface area (Å²) < 4.78 is 0. The van der Waals surface area contributed by atoms with Crippen molar-refractivity contribution in [3.63, 3.8) is 0 Å². The van der Waals surface area contributed by atoms with Gasteiger partial charge in [-0.2, -0.15) is 0 Å². The van der Waals surface area contributed by atoms with E-state index in [9.17, 15) is 0 Å². The minimum atomic E-state index is 0.638. The first-order valence-electron chi connectivity index (χ1n) is 6.33. The lowest BCUT2D eigenvalue weighted by molar-refractivity contribution is 0.166. The van der Waals surface area contributed by atoms with Crippen LogP contribution in [0.4, 0.5) is 0 Å². The molecule has 0 aromatic carbocycles. The summed E-state index contributed by atoms with van der Waals surface area (Å²) in [6, 6.07) is 1.40. The van der Waals surface area contributed by atoms with E-state index in [1.54, 1.807) is 0 Å². The zero-order valence-corrected chi connectivity index (χ0v) is 10.2. The fourth-order valence-electron chi connectivity index (χ4n) is 2.89. The zero-order chi connectivity index (χ0) is 10.8. The lowest BCUT2D eigenvalue weighted by Gasteiger charge is -2.31. The van der Waals surface area contributed by atoms with Crippen LogP contribution in [0.2, 0.25) is 0 Å². The first-order valence-corrected chi connectivity index (χ1v) is 6.33. The molecule has 2 atom stereocenters. The molecule has 3 nitrogen and oxygen atoms in total. The van der Waals surface area contributed by atoms with Crippen LogP contribution in [0.1, 0.15) is 25.7 Å². The zero-order valence-electron chi connectivity index (χ0n) is 10.2. The molecule has 3 heteroatoms. The van der Waals surface area contributed by atoms with Crippen LogP contribution in [-0.2, 0) is 0 Å². The Morgan fingerprint density at radius 3 is 2.60 bits per heavy atom. The molecule has 0 radical (unpaired) electrons. The van der Waals surface area contributed by atoms with Crippen LogP contribution in [-0.4, -0.2) is 55.6 Å². The first-order chi connectivity index (χ1) is 7.22. The molecule has 15 heavy (non-hydrogen) atoms. The third-order valence-electron chi connectivity index (χ3n) is 4.14. The lowest BCUT2D eigenvalue weighted by atomic mass is 10.1. The number of rotatable bonds is 5. The summed E-state index contributed by atoms with van der Waals surface area (Å²) in [7, 11) is 4.50. The molecule has 2 rings (SSSR count). The van der Waals surface area contributed by atoms with Crippen LogP contribution in [0.3, 0.4) is 0 Å². The Morgan fingerprint density at radius 2 is 2.13 bits per heavy atom. The molecule has 1 aliphatic carbocycles.